The first kappa shape index (κ1) is 11.6. The Kier molecular flexibility index (Phi) is 3.06. The minimum atomic E-state index is -4.78. The van der Waals surface area contributed by atoms with Gasteiger partial charge in [0.25, 0.3) is 0 Å². The Hall–Kier alpha value is -1.46. The zero-order valence-corrected chi connectivity index (χ0v) is 8.10. The maximum absolute atomic E-state index is 12.8. The van der Waals surface area contributed by atoms with Crippen LogP contribution in [0.5, 0.6) is 5.75 Å². The number of ether oxygens (including phenoxy) is 1. The quantitative estimate of drug-likeness (QED) is 0.715. The van der Waals surface area contributed by atoms with Crippen molar-refractivity contribution in [1.82, 2.24) is 0 Å². The summed E-state index contributed by atoms with van der Waals surface area (Å²) in [6.07, 6.45) is -4.78. The van der Waals surface area contributed by atoms with Gasteiger partial charge in [-0.1, -0.05) is 0 Å². The second-order valence-corrected chi connectivity index (χ2v) is 3.05. The van der Waals surface area contributed by atoms with Crippen LogP contribution < -0.4 is 9.64 Å². The van der Waals surface area contributed by atoms with Crippen LogP contribution in [0.15, 0.2) is 18.2 Å². The van der Waals surface area contributed by atoms with Crippen LogP contribution in [0.1, 0.15) is 0 Å². The molecule has 1 aromatic carbocycles. The van der Waals surface area contributed by atoms with E-state index in [9.17, 15) is 17.6 Å². The Morgan fingerprint density at radius 1 is 1.20 bits per heavy atom. The Labute approximate surface area is 84.1 Å². The summed E-state index contributed by atoms with van der Waals surface area (Å²) in [5.41, 5.74) is 0.0346. The van der Waals surface area contributed by atoms with Gasteiger partial charge >= 0.3 is 6.36 Å². The van der Waals surface area contributed by atoms with Crippen molar-refractivity contribution in [2.45, 2.75) is 6.36 Å². The first-order valence-corrected chi connectivity index (χ1v) is 4.02. The van der Waals surface area contributed by atoms with E-state index in [2.05, 4.69) is 4.74 Å². The van der Waals surface area contributed by atoms with Gasteiger partial charge in [0.15, 0.2) is 5.75 Å². The van der Waals surface area contributed by atoms with Crippen molar-refractivity contribution < 1.29 is 22.3 Å². The lowest BCUT2D eigenvalue weighted by molar-refractivity contribution is -0.274. The van der Waals surface area contributed by atoms with Crippen molar-refractivity contribution in [1.29, 1.82) is 0 Å². The van der Waals surface area contributed by atoms with Crippen molar-refractivity contribution in [2.24, 2.45) is 0 Å². The molecule has 0 amide bonds. The molecule has 0 bridgehead atoms. The molecule has 0 saturated carbocycles. The smallest absolute Gasteiger partial charge is 0.404 e. The predicted molar refractivity (Wildman–Crippen MR) is 47.4 cm³/mol. The second kappa shape index (κ2) is 3.96. The number of anilines is 1. The highest BCUT2D eigenvalue weighted by Gasteiger charge is 2.32. The number of rotatable bonds is 2. The molecule has 2 nitrogen and oxygen atoms in total. The number of alkyl halides is 3. The van der Waals surface area contributed by atoms with Crippen LogP contribution in [0.25, 0.3) is 0 Å². The van der Waals surface area contributed by atoms with Gasteiger partial charge in [0.05, 0.1) is 5.69 Å². The minimum Gasteiger partial charge on any atom is -0.404 e. The second-order valence-electron chi connectivity index (χ2n) is 3.05. The molecule has 0 aromatic heterocycles. The summed E-state index contributed by atoms with van der Waals surface area (Å²) >= 11 is 0. The van der Waals surface area contributed by atoms with E-state index in [1.165, 1.54) is 19.0 Å². The Morgan fingerprint density at radius 3 is 2.27 bits per heavy atom. The molecule has 0 fully saturated rings. The molecule has 0 aliphatic carbocycles. The Bertz CT molecular complexity index is 348. The summed E-state index contributed by atoms with van der Waals surface area (Å²) in [5.74, 6) is -1.04. The maximum Gasteiger partial charge on any atom is 0.573 e. The third kappa shape index (κ3) is 3.30. The predicted octanol–water partition coefficient (Wildman–Crippen LogP) is 2.79. The number of halogens is 4. The van der Waals surface area contributed by atoms with Crippen LogP contribution in [0.4, 0.5) is 23.2 Å². The summed E-state index contributed by atoms with van der Waals surface area (Å²) in [5, 5.41) is 0. The fraction of sp³-hybridized carbons (Fsp3) is 0.333. The first-order valence-electron chi connectivity index (χ1n) is 4.02. The van der Waals surface area contributed by atoms with E-state index in [1.807, 2.05) is 0 Å². The van der Waals surface area contributed by atoms with Crippen molar-refractivity contribution in [3.8, 4) is 5.75 Å². The summed E-state index contributed by atoms with van der Waals surface area (Å²) in [4.78, 5) is 1.34. The topological polar surface area (TPSA) is 12.5 Å². The first-order chi connectivity index (χ1) is 6.79. The van der Waals surface area contributed by atoms with Crippen LogP contribution in [0, 0.1) is 5.82 Å². The molecule has 0 radical (unpaired) electrons. The summed E-state index contributed by atoms with van der Waals surface area (Å²) < 4.78 is 52.4. The highest BCUT2D eigenvalue weighted by Crippen LogP contribution is 2.32. The molecular weight excluding hydrogens is 214 g/mol. The van der Waals surface area contributed by atoms with E-state index in [4.69, 9.17) is 0 Å². The van der Waals surface area contributed by atoms with E-state index in [0.717, 1.165) is 18.2 Å². The highest BCUT2D eigenvalue weighted by molar-refractivity contribution is 5.57. The fourth-order valence-electron chi connectivity index (χ4n) is 1.05. The third-order valence-corrected chi connectivity index (χ3v) is 1.63. The monoisotopic (exact) mass is 223 g/mol. The summed E-state index contributed by atoms with van der Waals surface area (Å²) in [6, 6.07) is 2.83. The zero-order valence-electron chi connectivity index (χ0n) is 8.10. The van der Waals surface area contributed by atoms with Crippen molar-refractivity contribution >= 4 is 5.69 Å². The molecule has 84 valence electrons. The molecule has 1 rings (SSSR count). The van der Waals surface area contributed by atoms with Gasteiger partial charge in [-0.25, -0.2) is 4.39 Å². The van der Waals surface area contributed by atoms with Crippen LogP contribution in [0.3, 0.4) is 0 Å². The van der Waals surface area contributed by atoms with Crippen molar-refractivity contribution in [3.05, 3.63) is 24.0 Å². The normalized spacial score (nSPS) is 11.3. The van der Waals surface area contributed by atoms with Gasteiger partial charge in [0, 0.05) is 20.2 Å². The van der Waals surface area contributed by atoms with Crippen LogP contribution >= 0.6 is 0 Å². The number of nitrogens with zero attached hydrogens (tertiary/aromatic N) is 1. The largest absolute Gasteiger partial charge is 0.573 e. The van der Waals surface area contributed by atoms with Gasteiger partial charge in [-0.3, -0.25) is 0 Å². The molecule has 15 heavy (non-hydrogen) atoms. The highest BCUT2D eigenvalue weighted by atomic mass is 19.4. The number of hydrogen-bond acceptors (Lipinski definition) is 2. The Morgan fingerprint density at radius 2 is 1.80 bits per heavy atom. The van der Waals surface area contributed by atoms with Crippen LogP contribution in [-0.4, -0.2) is 20.5 Å². The average molecular weight is 223 g/mol. The average Bonchev–Trinajstić information content (AvgIpc) is 2.05. The van der Waals surface area contributed by atoms with Gasteiger partial charge in [0.1, 0.15) is 5.82 Å². The van der Waals surface area contributed by atoms with Gasteiger partial charge in [-0.2, -0.15) is 0 Å². The van der Waals surface area contributed by atoms with Crippen molar-refractivity contribution in [3.63, 3.8) is 0 Å². The minimum absolute atomic E-state index is 0.0346. The Balaban J connectivity index is 3.06. The number of hydrogen-bond donors (Lipinski definition) is 0. The van der Waals surface area contributed by atoms with E-state index >= 15 is 0 Å². The summed E-state index contributed by atoms with van der Waals surface area (Å²) in [7, 11) is 3.00. The molecule has 0 unspecified atom stereocenters. The maximum atomic E-state index is 12.8. The fourth-order valence-corrected chi connectivity index (χ4v) is 1.05. The molecule has 1 aromatic rings. The molecule has 6 heteroatoms. The lowest BCUT2D eigenvalue weighted by atomic mass is 10.2. The molecule has 0 aliphatic heterocycles. The van der Waals surface area contributed by atoms with E-state index in [1.54, 1.807) is 0 Å². The standard InChI is InChI=1S/C9H9F4NO/c1-14(2)7-5-6(10)3-4-8(7)15-9(11,12)13/h3-5H,1-2H3. The van der Waals surface area contributed by atoms with Gasteiger partial charge in [0.2, 0.25) is 0 Å². The van der Waals surface area contributed by atoms with Gasteiger partial charge in [-0.05, 0) is 12.1 Å². The molecule has 0 spiro atoms. The number of benzene rings is 1. The van der Waals surface area contributed by atoms with Gasteiger partial charge < -0.3 is 9.64 Å². The molecule has 0 atom stereocenters. The molecular formula is C9H9F4NO. The van der Waals surface area contributed by atoms with E-state index < -0.39 is 17.9 Å². The lowest BCUT2D eigenvalue weighted by Gasteiger charge is -2.18. The molecule has 0 N–H and O–H groups in total. The van der Waals surface area contributed by atoms with Crippen LogP contribution in [0.2, 0.25) is 0 Å². The van der Waals surface area contributed by atoms with Gasteiger partial charge in [-0.15, -0.1) is 13.2 Å². The SMILES string of the molecule is CN(C)c1cc(F)ccc1OC(F)(F)F. The van der Waals surface area contributed by atoms with Crippen LogP contribution in [-0.2, 0) is 0 Å². The van der Waals surface area contributed by atoms with E-state index in [-0.39, 0.29) is 5.69 Å². The third-order valence-electron chi connectivity index (χ3n) is 1.63. The lowest BCUT2D eigenvalue weighted by Crippen LogP contribution is -2.20. The molecule has 0 aliphatic rings. The van der Waals surface area contributed by atoms with E-state index in [0.29, 0.717) is 0 Å². The molecule has 0 heterocycles. The van der Waals surface area contributed by atoms with Crippen molar-refractivity contribution in [2.75, 3.05) is 19.0 Å². The zero-order chi connectivity index (χ0) is 11.6. The molecule has 0 saturated heterocycles. The summed E-state index contributed by atoms with van der Waals surface area (Å²) in [6.45, 7) is 0.